The maximum Gasteiger partial charge on any atom is 0.219 e. The Morgan fingerprint density at radius 3 is 2.69 bits per heavy atom. The van der Waals surface area contributed by atoms with Gasteiger partial charge in [0.05, 0.1) is 19.3 Å². The van der Waals surface area contributed by atoms with Crippen LogP contribution in [-0.2, 0) is 16.1 Å². The first-order chi connectivity index (χ1) is 6.33. The second-order valence-electron chi connectivity index (χ2n) is 2.73. The fraction of sp³-hybridized carbons (Fsp3) is 0.300. The van der Waals surface area contributed by atoms with Gasteiger partial charge >= 0.3 is 0 Å². The van der Waals surface area contributed by atoms with Crippen molar-refractivity contribution in [3.63, 3.8) is 0 Å². The Labute approximate surface area is 77.5 Å². The fourth-order valence-corrected chi connectivity index (χ4v) is 0.912. The van der Waals surface area contributed by atoms with Crippen molar-refractivity contribution in [3.05, 3.63) is 35.9 Å². The molecule has 0 aliphatic carbocycles. The van der Waals surface area contributed by atoms with E-state index >= 15 is 0 Å². The van der Waals surface area contributed by atoms with Gasteiger partial charge in [0.2, 0.25) is 6.29 Å². The maximum atomic E-state index is 10.0. The molecule has 0 fully saturated rings. The van der Waals surface area contributed by atoms with Crippen molar-refractivity contribution in [1.82, 2.24) is 0 Å². The van der Waals surface area contributed by atoms with Crippen LogP contribution in [0.4, 0.5) is 0 Å². The molecule has 0 saturated heterocycles. The van der Waals surface area contributed by atoms with Gasteiger partial charge in [0.15, 0.2) is 0 Å². The molecule has 0 aliphatic heterocycles. The first-order valence-electron chi connectivity index (χ1n) is 4.08. The largest absolute Gasteiger partial charge is 0.375 e. The molecule has 0 aliphatic rings. The Hall–Kier alpha value is -1.19. The van der Waals surface area contributed by atoms with Crippen molar-refractivity contribution in [2.24, 2.45) is 5.73 Å². The predicted octanol–water partition coefficient (Wildman–Crippen LogP) is 0.640. The summed E-state index contributed by atoms with van der Waals surface area (Å²) in [4.78, 5) is 10.0. The number of carbonyl (C=O) groups excluding carboxylic acids is 1. The molecule has 1 aromatic carbocycles. The summed E-state index contributed by atoms with van der Waals surface area (Å²) in [7, 11) is 0. The molecule has 0 heterocycles. The van der Waals surface area contributed by atoms with E-state index in [1.54, 1.807) is 6.29 Å². The SMILES string of the molecule is NC([C]=O)COCc1ccccc1. The predicted molar refractivity (Wildman–Crippen MR) is 49.8 cm³/mol. The second-order valence-corrected chi connectivity index (χ2v) is 2.73. The third-order valence-corrected chi connectivity index (χ3v) is 1.56. The molecule has 3 nitrogen and oxygen atoms in total. The van der Waals surface area contributed by atoms with Gasteiger partial charge < -0.3 is 10.5 Å². The van der Waals surface area contributed by atoms with Gasteiger partial charge in [-0.15, -0.1) is 0 Å². The highest BCUT2D eigenvalue weighted by Gasteiger charge is 2.00. The lowest BCUT2D eigenvalue weighted by Crippen LogP contribution is -2.27. The van der Waals surface area contributed by atoms with Crippen LogP contribution >= 0.6 is 0 Å². The van der Waals surface area contributed by atoms with Gasteiger partial charge in [-0.25, -0.2) is 0 Å². The molecule has 0 aromatic heterocycles. The molecule has 0 saturated carbocycles. The number of benzene rings is 1. The molecule has 1 atom stereocenters. The van der Waals surface area contributed by atoms with E-state index in [1.807, 2.05) is 30.3 Å². The highest BCUT2D eigenvalue weighted by atomic mass is 16.5. The molecule has 1 aromatic rings. The van der Waals surface area contributed by atoms with Crippen LogP contribution in [0.1, 0.15) is 5.56 Å². The van der Waals surface area contributed by atoms with Gasteiger partial charge in [-0.3, -0.25) is 4.79 Å². The van der Waals surface area contributed by atoms with Crippen LogP contribution in [0, 0.1) is 0 Å². The van der Waals surface area contributed by atoms with Crippen LogP contribution in [-0.4, -0.2) is 18.9 Å². The van der Waals surface area contributed by atoms with Gasteiger partial charge in [0.25, 0.3) is 0 Å². The lowest BCUT2D eigenvalue weighted by Gasteiger charge is -2.04. The average Bonchev–Trinajstić information content (AvgIpc) is 2.19. The summed E-state index contributed by atoms with van der Waals surface area (Å²) in [6.45, 7) is 0.703. The molecule has 0 bridgehead atoms. The number of rotatable bonds is 5. The zero-order chi connectivity index (χ0) is 9.52. The Balaban J connectivity index is 2.24. The summed E-state index contributed by atoms with van der Waals surface area (Å²) in [5, 5.41) is 0. The molecular weight excluding hydrogens is 166 g/mol. The summed E-state index contributed by atoms with van der Waals surface area (Å²) in [6, 6.07) is 9.08. The Morgan fingerprint density at radius 2 is 2.08 bits per heavy atom. The van der Waals surface area contributed by atoms with Crippen LogP contribution in [0.2, 0.25) is 0 Å². The minimum absolute atomic E-state index is 0.221. The fourth-order valence-electron chi connectivity index (χ4n) is 0.912. The van der Waals surface area contributed by atoms with Crippen LogP contribution in [0.3, 0.4) is 0 Å². The first kappa shape index (κ1) is 9.89. The second kappa shape index (κ2) is 5.45. The molecule has 13 heavy (non-hydrogen) atoms. The van der Waals surface area contributed by atoms with Gasteiger partial charge in [-0.2, -0.15) is 0 Å². The van der Waals surface area contributed by atoms with Crippen molar-refractivity contribution in [3.8, 4) is 0 Å². The number of ether oxygens (including phenoxy) is 1. The van der Waals surface area contributed by atoms with Crippen molar-refractivity contribution in [2.45, 2.75) is 12.6 Å². The molecule has 2 N–H and O–H groups in total. The van der Waals surface area contributed by atoms with Gasteiger partial charge in [0, 0.05) is 0 Å². The lowest BCUT2D eigenvalue weighted by molar-refractivity contribution is 0.119. The van der Waals surface area contributed by atoms with Crippen molar-refractivity contribution < 1.29 is 9.53 Å². The van der Waals surface area contributed by atoms with E-state index < -0.39 is 6.04 Å². The zero-order valence-corrected chi connectivity index (χ0v) is 7.27. The summed E-state index contributed by atoms with van der Waals surface area (Å²) >= 11 is 0. The van der Waals surface area contributed by atoms with Gasteiger partial charge in [-0.1, -0.05) is 30.3 Å². The van der Waals surface area contributed by atoms with Crippen LogP contribution in [0.5, 0.6) is 0 Å². The van der Waals surface area contributed by atoms with Crippen molar-refractivity contribution in [2.75, 3.05) is 6.61 Å². The van der Waals surface area contributed by atoms with E-state index in [4.69, 9.17) is 10.5 Å². The molecule has 0 amide bonds. The number of hydrogen-bond acceptors (Lipinski definition) is 3. The topological polar surface area (TPSA) is 52.3 Å². The standard InChI is InChI=1S/C10H12NO2/c11-10(6-12)8-13-7-9-4-2-1-3-5-9/h1-5,10H,7-8,11H2. The first-order valence-corrected chi connectivity index (χ1v) is 4.08. The third kappa shape index (κ3) is 3.83. The van der Waals surface area contributed by atoms with Crippen LogP contribution < -0.4 is 5.73 Å². The van der Waals surface area contributed by atoms with E-state index in [2.05, 4.69) is 0 Å². The average molecular weight is 178 g/mol. The van der Waals surface area contributed by atoms with E-state index in [0.29, 0.717) is 6.61 Å². The Bertz CT molecular complexity index is 248. The number of hydrogen-bond donors (Lipinski definition) is 1. The monoisotopic (exact) mass is 178 g/mol. The zero-order valence-electron chi connectivity index (χ0n) is 7.27. The minimum Gasteiger partial charge on any atom is -0.375 e. The summed E-state index contributed by atoms with van der Waals surface area (Å²) in [5.74, 6) is 0. The normalized spacial score (nSPS) is 12.4. The van der Waals surface area contributed by atoms with E-state index in [0.717, 1.165) is 5.56 Å². The Kier molecular flexibility index (Phi) is 4.15. The molecule has 1 unspecified atom stereocenters. The third-order valence-electron chi connectivity index (χ3n) is 1.56. The molecule has 3 heteroatoms. The van der Waals surface area contributed by atoms with Crippen LogP contribution in [0.25, 0.3) is 0 Å². The maximum absolute atomic E-state index is 10.0. The molecule has 1 radical (unpaired) electrons. The van der Waals surface area contributed by atoms with Crippen molar-refractivity contribution >= 4 is 6.29 Å². The highest BCUT2D eigenvalue weighted by molar-refractivity contribution is 5.57. The van der Waals surface area contributed by atoms with Crippen LogP contribution in [0.15, 0.2) is 30.3 Å². The van der Waals surface area contributed by atoms with Gasteiger partial charge in [-0.05, 0) is 5.56 Å². The van der Waals surface area contributed by atoms with E-state index in [9.17, 15) is 4.79 Å². The smallest absolute Gasteiger partial charge is 0.219 e. The molecular formula is C10H12NO2. The van der Waals surface area contributed by atoms with E-state index in [-0.39, 0.29) is 6.61 Å². The summed E-state index contributed by atoms with van der Waals surface area (Å²) in [5.41, 5.74) is 6.36. The van der Waals surface area contributed by atoms with Gasteiger partial charge in [0.1, 0.15) is 0 Å². The quantitative estimate of drug-likeness (QED) is 0.719. The molecule has 69 valence electrons. The van der Waals surface area contributed by atoms with E-state index in [1.165, 1.54) is 0 Å². The number of nitrogens with two attached hydrogens (primary N) is 1. The van der Waals surface area contributed by atoms with Crippen molar-refractivity contribution in [1.29, 1.82) is 0 Å². The summed E-state index contributed by atoms with van der Waals surface area (Å²) < 4.78 is 5.18. The Morgan fingerprint density at radius 1 is 1.38 bits per heavy atom. The summed E-state index contributed by atoms with van der Waals surface area (Å²) in [6.07, 6.45) is 1.65. The lowest BCUT2D eigenvalue weighted by atomic mass is 10.2. The molecule has 0 spiro atoms. The highest BCUT2D eigenvalue weighted by Crippen LogP contribution is 1.99. The minimum atomic E-state index is -0.635. The molecule has 1 rings (SSSR count).